The molecule has 0 saturated carbocycles. The van der Waals surface area contributed by atoms with Gasteiger partial charge in [0.25, 0.3) is 5.56 Å². The predicted molar refractivity (Wildman–Crippen MR) is 74.3 cm³/mol. The summed E-state index contributed by atoms with van der Waals surface area (Å²) in [6.07, 6.45) is 3.47. The van der Waals surface area contributed by atoms with E-state index < -0.39 is 0 Å². The van der Waals surface area contributed by atoms with Crippen molar-refractivity contribution in [3.05, 3.63) is 51.9 Å². The van der Waals surface area contributed by atoms with Gasteiger partial charge in [0, 0.05) is 6.21 Å². The number of anilines is 1. The van der Waals surface area contributed by atoms with Crippen molar-refractivity contribution in [1.82, 2.24) is 15.2 Å². The first-order valence-electron chi connectivity index (χ1n) is 6.01. The molecule has 0 amide bonds. The summed E-state index contributed by atoms with van der Waals surface area (Å²) in [5.41, 5.74) is 3.97. The minimum Gasteiger partial charge on any atom is -0.288 e. The third-order valence-electron chi connectivity index (χ3n) is 2.53. The Bertz CT molecular complexity index is 606. The molecule has 0 atom stereocenters. The third-order valence-corrected chi connectivity index (χ3v) is 2.53. The number of rotatable bonds is 5. The third kappa shape index (κ3) is 4.02. The van der Waals surface area contributed by atoms with Gasteiger partial charge >= 0.3 is 0 Å². The first-order valence-corrected chi connectivity index (χ1v) is 6.01. The lowest BCUT2D eigenvalue weighted by atomic mass is 10.1. The smallest absolute Gasteiger partial charge is 0.274 e. The quantitative estimate of drug-likeness (QED) is 0.628. The Labute approximate surface area is 110 Å². The fraction of sp³-hybridized carbons (Fsp3) is 0.231. The van der Waals surface area contributed by atoms with Gasteiger partial charge in [-0.3, -0.25) is 9.78 Å². The van der Waals surface area contributed by atoms with Crippen molar-refractivity contribution in [3.63, 3.8) is 0 Å². The number of aromatic amines is 1. The summed E-state index contributed by atoms with van der Waals surface area (Å²) < 4.78 is 0. The lowest BCUT2D eigenvalue weighted by Gasteiger charge is -1.98. The lowest BCUT2D eigenvalue weighted by Crippen LogP contribution is -2.15. The number of nitrogens with zero attached hydrogens (tertiary/aromatic N) is 3. The van der Waals surface area contributed by atoms with Crippen LogP contribution in [0.3, 0.4) is 0 Å². The molecule has 0 fully saturated rings. The van der Waals surface area contributed by atoms with Crippen LogP contribution in [0.25, 0.3) is 0 Å². The standard InChI is InChI=1S/C13H15N5O/c1-10-12(19)15-13(18-16-10)17-14-9-5-8-11-6-3-2-4-7-11/h2-4,6-7,9H,5,8H2,1H3,(H2,15,17,18,19). The molecule has 1 aromatic heterocycles. The molecule has 0 bridgehead atoms. The molecular formula is C13H15N5O. The molecule has 0 aliphatic rings. The number of H-pyrrole nitrogens is 1. The highest BCUT2D eigenvalue weighted by atomic mass is 16.1. The van der Waals surface area contributed by atoms with Crippen LogP contribution in [0.5, 0.6) is 0 Å². The monoisotopic (exact) mass is 257 g/mol. The minimum absolute atomic E-state index is 0.242. The van der Waals surface area contributed by atoms with E-state index in [1.54, 1.807) is 13.1 Å². The summed E-state index contributed by atoms with van der Waals surface area (Å²) >= 11 is 0. The van der Waals surface area contributed by atoms with E-state index in [4.69, 9.17) is 0 Å². The van der Waals surface area contributed by atoms with Crippen molar-refractivity contribution < 1.29 is 0 Å². The molecule has 0 spiro atoms. The van der Waals surface area contributed by atoms with E-state index in [-0.39, 0.29) is 11.5 Å². The van der Waals surface area contributed by atoms with E-state index >= 15 is 0 Å². The maximum Gasteiger partial charge on any atom is 0.274 e. The number of hydrazone groups is 1. The molecule has 2 N–H and O–H groups in total. The largest absolute Gasteiger partial charge is 0.288 e. The molecule has 2 rings (SSSR count). The summed E-state index contributed by atoms with van der Waals surface area (Å²) in [5.74, 6) is 0.242. The molecule has 0 aliphatic heterocycles. The van der Waals surface area contributed by atoms with Gasteiger partial charge in [-0.15, -0.1) is 10.2 Å². The maximum absolute atomic E-state index is 11.3. The fourth-order valence-corrected chi connectivity index (χ4v) is 1.49. The first-order chi connectivity index (χ1) is 9.25. The van der Waals surface area contributed by atoms with Crippen molar-refractivity contribution in [3.8, 4) is 0 Å². The summed E-state index contributed by atoms with van der Waals surface area (Å²) in [5, 5.41) is 11.4. The van der Waals surface area contributed by atoms with Crippen molar-refractivity contribution in [1.29, 1.82) is 0 Å². The van der Waals surface area contributed by atoms with Gasteiger partial charge in [-0.1, -0.05) is 30.3 Å². The van der Waals surface area contributed by atoms with Gasteiger partial charge in [0.15, 0.2) is 0 Å². The SMILES string of the molecule is Cc1nnc(NN=CCCc2ccccc2)[nH]c1=O. The lowest BCUT2D eigenvalue weighted by molar-refractivity contribution is 0.896. The number of benzene rings is 1. The second kappa shape index (κ2) is 6.44. The molecule has 0 radical (unpaired) electrons. The van der Waals surface area contributed by atoms with E-state index in [0.717, 1.165) is 12.8 Å². The van der Waals surface area contributed by atoms with Crippen LogP contribution in [-0.2, 0) is 6.42 Å². The van der Waals surface area contributed by atoms with E-state index in [9.17, 15) is 4.79 Å². The molecule has 0 aliphatic carbocycles. The van der Waals surface area contributed by atoms with Gasteiger partial charge < -0.3 is 0 Å². The normalized spacial score (nSPS) is 10.8. The molecule has 6 nitrogen and oxygen atoms in total. The zero-order valence-electron chi connectivity index (χ0n) is 10.6. The van der Waals surface area contributed by atoms with Gasteiger partial charge in [-0.05, 0) is 25.3 Å². The van der Waals surface area contributed by atoms with Crippen LogP contribution in [-0.4, -0.2) is 21.4 Å². The zero-order valence-corrected chi connectivity index (χ0v) is 10.6. The molecule has 1 heterocycles. The highest BCUT2D eigenvalue weighted by Crippen LogP contribution is 2.00. The van der Waals surface area contributed by atoms with Crippen LogP contribution in [0.15, 0.2) is 40.2 Å². The Morgan fingerprint density at radius 2 is 2.11 bits per heavy atom. The number of hydrogen-bond donors (Lipinski definition) is 2. The van der Waals surface area contributed by atoms with Crippen LogP contribution in [0.1, 0.15) is 17.7 Å². The Hall–Kier alpha value is -2.50. The molecule has 19 heavy (non-hydrogen) atoms. The summed E-state index contributed by atoms with van der Waals surface area (Å²) in [7, 11) is 0. The zero-order chi connectivity index (χ0) is 13.5. The molecule has 1 aromatic carbocycles. The Morgan fingerprint density at radius 1 is 1.32 bits per heavy atom. The first kappa shape index (κ1) is 12.9. The number of hydrogen-bond acceptors (Lipinski definition) is 5. The van der Waals surface area contributed by atoms with E-state index in [2.05, 4.69) is 37.8 Å². The van der Waals surface area contributed by atoms with Crippen molar-refractivity contribution in [2.75, 3.05) is 5.43 Å². The van der Waals surface area contributed by atoms with Gasteiger partial charge in [0.1, 0.15) is 5.69 Å². The Kier molecular flexibility index (Phi) is 4.39. The van der Waals surface area contributed by atoms with Gasteiger partial charge in [-0.25, -0.2) is 5.43 Å². The van der Waals surface area contributed by atoms with Crippen LogP contribution < -0.4 is 11.0 Å². The summed E-state index contributed by atoms with van der Waals surface area (Å²) in [6, 6.07) is 10.2. The van der Waals surface area contributed by atoms with E-state index in [0.29, 0.717) is 5.69 Å². The van der Waals surface area contributed by atoms with E-state index in [1.165, 1.54) is 5.56 Å². The average molecular weight is 257 g/mol. The van der Waals surface area contributed by atoms with Gasteiger partial charge in [-0.2, -0.15) is 5.10 Å². The Balaban J connectivity index is 1.80. The number of nitrogens with one attached hydrogen (secondary N) is 2. The van der Waals surface area contributed by atoms with Crippen LogP contribution in [0.2, 0.25) is 0 Å². The second-order valence-electron chi connectivity index (χ2n) is 4.04. The molecule has 2 aromatic rings. The van der Waals surface area contributed by atoms with Crippen LogP contribution in [0.4, 0.5) is 5.95 Å². The number of aryl methyl sites for hydroxylation is 2. The highest BCUT2D eigenvalue weighted by molar-refractivity contribution is 5.58. The highest BCUT2D eigenvalue weighted by Gasteiger charge is 1.97. The summed E-state index contributed by atoms with van der Waals surface area (Å²) in [6.45, 7) is 1.60. The topological polar surface area (TPSA) is 83.0 Å². The van der Waals surface area contributed by atoms with Crippen LogP contribution in [0, 0.1) is 6.92 Å². The predicted octanol–water partition coefficient (Wildman–Crippen LogP) is 1.50. The molecule has 6 heteroatoms. The molecular weight excluding hydrogens is 242 g/mol. The van der Waals surface area contributed by atoms with Crippen molar-refractivity contribution in [2.45, 2.75) is 19.8 Å². The Morgan fingerprint density at radius 3 is 2.84 bits per heavy atom. The van der Waals surface area contributed by atoms with Gasteiger partial charge in [0.05, 0.1) is 0 Å². The molecule has 0 unspecified atom stereocenters. The van der Waals surface area contributed by atoms with Crippen LogP contribution >= 0.6 is 0 Å². The fourth-order valence-electron chi connectivity index (χ4n) is 1.49. The van der Waals surface area contributed by atoms with Gasteiger partial charge in [0.2, 0.25) is 5.95 Å². The maximum atomic E-state index is 11.3. The summed E-state index contributed by atoms with van der Waals surface area (Å²) in [4.78, 5) is 13.8. The van der Waals surface area contributed by atoms with Crippen molar-refractivity contribution >= 4 is 12.2 Å². The average Bonchev–Trinajstić information content (AvgIpc) is 2.43. The minimum atomic E-state index is -0.267. The number of aromatic nitrogens is 3. The molecule has 98 valence electrons. The second-order valence-corrected chi connectivity index (χ2v) is 4.04. The molecule has 0 saturated heterocycles. The van der Waals surface area contributed by atoms with E-state index in [1.807, 2.05) is 18.2 Å². The van der Waals surface area contributed by atoms with Crippen molar-refractivity contribution in [2.24, 2.45) is 5.10 Å².